The summed E-state index contributed by atoms with van der Waals surface area (Å²) in [5, 5.41) is 0. The van der Waals surface area contributed by atoms with Gasteiger partial charge in [0.25, 0.3) is 0 Å². The van der Waals surface area contributed by atoms with Crippen LogP contribution in [-0.4, -0.2) is 30.4 Å². The smallest absolute Gasteiger partial charge is 0.246 e. The Hall–Kier alpha value is -0.830. The van der Waals surface area contributed by atoms with Gasteiger partial charge in [-0.3, -0.25) is 4.79 Å². The van der Waals surface area contributed by atoms with Crippen molar-refractivity contribution in [1.82, 2.24) is 4.90 Å². The molecule has 11 heavy (non-hydrogen) atoms. The number of carbonyl (C=O) groups excluding carboxylic acids is 1. The molecule has 1 aliphatic heterocycles. The van der Waals surface area contributed by atoms with Crippen molar-refractivity contribution in [2.45, 2.75) is 6.92 Å². The fourth-order valence-electron chi connectivity index (χ4n) is 1.15. The highest BCUT2D eigenvalue weighted by Gasteiger charge is 2.24. The number of carbonyl (C=O) groups is 1. The van der Waals surface area contributed by atoms with Gasteiger partial charge in [0.1, 0.15) is 0 Å². The summed E-state index contributed by atoms with van der Waals surface area (Å²) in [7, 11) is 0. The maximum absolute atomic E-state index is 11.1. The third kappa shape index (κ3) is 2.05. The van der Waals surface area contributed by atoms with Gasteiger partial charge in [-0.2, -0.15) is 0 Å². The number of likely N-dealkylation sites (tertiary alicyclic amines) is 1. The Balaban J connectivity index is 2.26. The van der Waals surface area contributed by atoms with Crippen LogP contribution in [0.1, 0.15) is 6.92 Å². The number of hydrogen-bond donors (Lipinski definition) is 1. The van der Waals surface area contributed by atoms with Crippen LogP contribution in [0.3, 0.4) is 0 Å². The van der Waals surface area contributed by atoms with Gasteiger partial charge in [0, 0.05) is 25.7 Å². The van der Waals surface area contributed by atoms with Gasteiger partial charge in [0.15, 0.2) is 0 Å². The summed E-state index contributed by atoms with van der Waals surface area (Å²) in [6.45, 7) is 4.37. The van der Waals surface area contributed by atoms with Crippen LogP contribution in [0, 0.1) is 5.92 Å². The molecule has 1 amide bonds. The van der Waals surface area contributed by atoms with E-state index in [0.29, 0.717) is 12.5 Å². The number of nitrogens with two attached hydrogens (primary N) is 1. The zero-order valence-electron chi connectivity index (χ0n) is 6.79. The molecule has 1 fully saturated rings. The molecular formula is C8H14N2O. The minimum atomic E-state index is 0.0913. The molecule has 0 aromatic rings. The third-order valence-electron chi connectivity index (χ3n) is 1.77. The molecule has 0 atom stereocenters. The van der Waals surface area contributed by atoms with Crippen LogP contribution >= 0.6 is 0 Å². The first-order chi connectivity index (χ1) is 5.24. The van der Waals surface area contributed by atoms with Crippen LogP contribution < -0.4 is 5.73 Å². The Morgan fingerprint density at radius 2 is 2.36 bits per heavy atom. The molecule has 0 aromatic heterocycles. The molecule has 2 N–H and O–H groups in total. The maximum Gasteiger partial charge on any atom is 0.246 e. The molecule has 0 aliphatic carbocycles. The molecule has 1 aliphatic rings. The molecule has 0 radical (unpaired) electrons. The van der Waals surface area contributed by atoms with Gasteiger partial charge < -0.3 is 10.6 Å². The molecule has 1 rings (SSSR count). The lowest BCUT2D eigenvalue weighted by molar-refractivity contribution is -0.131. The van der Waals surface area contributed by atoms with E-state index in [1.165, 1.54) is 0 Å². The van der Waals surface area contributed by atoms with E-state index in [2.05, 4.69) is 6.92 Å². The van der Waals surface area contributed by atoms with Crippen molar-refractivity contribution in [2.24, 2.45) is 11.7 Å². The fourth-order valence-corrected chi connectivity index (χ4v) is 1.15. The van der Waals surface area contributed by atoms with Gasteiger partial charge >= 0.3 is 0 Å². The summed E-state index contributed by atoms with van der Waals surface area (Å²) >= 11 is 0. The van der Waals surface area contributed by atoms with E-state index in [9.17, 15) is 4.79 Å². The van der Waals surface area contributed by atoms with Gasteiger partial charge in [-0.05, 0) is 5.92 Å². The van der Waals surface area contributed by atoms with E-state index in [-0.39, 0.29) is 5.91 Å². The van der Waals surface area contributed by atoms with E-state index in [1.54, 1.807) is 12.2 Å². The second-order valence-electron chi connectivity index (χ2n) is 2.99. The second-order valence-corrected chi connectivity index (χ2v) is 2.99. The van der Waals surface area contributed by atoms with Crippen molar-refractivity contribution in [3.05, 3.63) is 12.2 Å². The molecule has 3 nitrogen and oxygen atoms in total. The van der Waals surface area contributed by atoms with Gasteiger partial charge in [-0.15, -0.1) is 0 Å². The Morgan fingerprint density at radius 3 is 2.82 bits per heavy atom. The molecule has 0 bridgehead atoms. The average Bonchev–Trinajstić information content (AvgIpc) is 1.94. The first kappa shape index (κ1) is 8.27. The lowest BCUT2D eigenvalue weighted by Gasteiger charge is -2.36. The number of hydrogen-bond acceptors (Lipinski definition) is 2. The van der Waals surface area contributed by atoms with E-state index in [0.717, 1.165) is 13.1 Å². The van der Waals surface area contributed by atoms with Crippen LogP contribution in [0.5, 0.6) is 0 Å². The summed E-state index contributed by atoms with van der Waals surface area (Å²) < 4.78 is 0. The molecule has 62 valence electrons. The van der Waals surface area contributed by atoms with Crippen molar-refractivity contribution in [2.75, 3.05) is 19.6 Å². The largest absolute Gasteiger partial charge is 0.339 e. The van der Waals surface area contributed by atoms with Gasteiger partial charge in [0.05, 0.1) is 0 Å². The van der Waals surface area contributed by atoms with Crippen LogP contribution in [0.25, 0.3) is 0 Å². The molecule has 0 aromatic carbocycles. The summed E-state index contributed by atoms with van der Waals surface area (Å²) in [5.74, 6) is 0.763. The second kappa shape index (κ2) is 3.53. The lowest BCUT2D eigenvalue weighted by atomic mass is 10.0. The molecule has 0 unspecified atom stereocenters. The highest BCUT2D eigenvalue weighted by molar-refractivity contribution is 5.88. The highest BCUT2D eigenvalue weighted by atomic mass is 16.2. The third-order valence-corrected chi connectivity index (χ3v) is 1.77. The molecule has 0 saturated carbocycles. The van der Waals surface area contributed by atoms with Crippen LogP contribution in [-0.2, 0) is 4.79 Å². The van der Waals surface area contributed by atoms with Crippen molar-refractivity contribution in [3.63, 3.8) is 0 Å². The van der Waals surface area contributed by atoms with Crippen molar-refractivity contribution >= 4 is 5.91 Å². The van der Waals surface area contributed by atoms with Crippen molar-refractivity contribution in [3.8, 4) is 0 Å². The molecule has 1 heterocycles. The number of amides is 1. The van der Waals surface area contributed by atoms with E-state index >= 15 is 0 Å². The van der Waals surface area contributed by atoms with Gasteiger partial charge in [-0.1, -0.05) is 13.0 Å². The quantitative estimate of drug-likeness (QED) is 0.568. The van der Waals surface area contributed by atoms with E-state index in [1.807, 2.05) is 4.90 Å². The first-order valence-electron chi connectivity index (χ1n) is 3.89. The zero-order valence-corrected chi connectivity index (χ0v) is 6.79. The SMILES string of the molecule is CC1CN(C(=O)/C=C/CN)C1. The minimum Gasteiger partial charge on any atom is -0.339 e. The summed E-state index contributed by atoms with van der Waals surface area (Å²) in [5.41, 5.74) is 5.21. The van der Waals surface area contributed by atoms with Crippen LogP contribution in [0.2, 0.25) is 0 Å². The highest BCUT2D eigenvalue weighted by Crippen LogP contribution is 2.13. The van der Waals surface area contributed by atoms with Gasteiger partial charge in [-0.25, -0.2) is 0 Å². The summed E-state index contributed by atoms with van der Waals surface area (Å²) in [6.07, 6.45) is 3.23. The first-order valence-corrected chi connectivity index (χ1v) is 3.89. The van der Waals surface area contributed by atoms with Gasteiger partial charge in [0.2, 0.25) is 5.91 Å². The van der Waals surface area contributed by atoms with Crippen molar-refractivity contribution < 1.29 is 4.79 Å². The Bertz CT molecular complexity index is 171. The van der Waals surface area contributed by atoms with E-state index in [4.69, 9.17) is 5.73 Å². The van der Waals surface area contributed by atoms with Crippen LogP contribution in [0.4, 0.5) is 0 Å². The maximum atomic E-state index is 11.1. The Morgan fingerprint density at radius 1 is 1.73 bits per heavy atom. The normalized spacial score (nSPS) is 18.9. The van der Waals surface area contributed by atoms with Crippen LogP contribution in [0.15, 0.2) is 12.2 Å². The zero-order chi connectivity index (χ0) is 8.27. The molecule has 0 spiro atoms. The molecular weight excluding hydrogens is 140 g/mol. The van der Waals surface area contributed by atoms with E-state index < -0.39 is 0 Å². The predicted molar refractivity (Wildman–Crippen MR) is 43.9 cm³/mol. The number of nitrogens with zero attached hydrogens (tertiary/aromatic N) is 1. The average molecular weight is 154 g/mol. The monoisotopic (exact) mass is 154 g/mol. The minimum absolute atomic E-state index is 0.0913. The standard InChI is InChI=1S/C8H14N2O/c1-7-5-10(6-7)8(11)3-2-4-9/h2-3,7H,4-6,9H2,1H3/b3-2+. The topological polar surface area (TPSA) is 46.3 Å². The summed E-state index contributed by atoms with van der Waals surface area (Å²) in [4.78, 5) is 12.9. The Labute approximate surface area is 66.9 Å². The van der Waals surface area contributed by atoms with Crippen molar-refractivity contribution in [1.29, 1.82) is 0 Å². The number of rotatable bonds is 2. The summed E-state index contributed by atoms with van der Waals surface area (Å²) in [6, 6.07) is 0. The lowest BCUT2D eigenvalue weighted by Crippen LogP contribution is -2.47. The molecule has 3 heteroatoms. The predicted octanol–water partition coefficient (Wildman–Crippen LogP) is -0.0204. The molecule has 1 saturated heterocycles. The Kier molecular flexibility index (Phi) is 2.65. The fraction of sp³-hybridized carbons (Fsp3) is 0.625.